The number of hydrogen-bond donors (Lipinski definition) is 0. The van der Waals surface area contributed by atoms with Gasteiger partial charge in [-0.15, -0.1) is 0 Å². The van der Waals surface area contributed by atoms with Crippen molar-refractivity contribution in [2.45, 2.75) is 12.4 Å². The quantitative estimate of drug-likeness (QED) is 0.630. The van der Waals surface area contributed by atoms with Crippen LogP contribution < -0.4 is 4.18 Å². The van der Waals surface area contributed by atoms with Gasteiger partial charge in [0.05, 0.1) is 5.52 Å². The molecule has 0 fully saturated rings. The number of hydrogen-bond acceptors (Lipinski definition) is 4. The average molecular weight is 291 g/mol. The van der Waals surface area contributed by atoms with Gasteiger partial charge in [-0.1, -0.05) is 6.07 Å². The van der Waals surface area contributed by atoms with Gasteiger partial charge < -0.3 is 4.18 Å². The fourth-order valence-electron chi connectivity index (χ4n) is 1.46. The molecule has 0 bridgehead atoms. The van der Waals surface area contributed by atoms with Crippen molar-refractivity contribution in [1.82, 2.24) is 4.98 Å². The first-order valence-corrected chi connectivity index (χ1v) is 6.48. The zero-order valence-electron chi connectivity index (χ0n) is 9.60. The first-order valence-electron chi connectivity index (χ1n) is 5.07. The molecule has 2 aromatic rings. The van der Waals surface area contributed by atoms with Crippen LogP contribution in [0.5, 0.6) is 5.75 Å². The molecule has 1 heterocycles. The van der Waals surface area contributed by atoms with E-state index in [2.05, 4.69) is 9.17 Å². The third-order valence-electron chi connectivity index (χ3n) is 2.38. The van der Waals surface area contributed by atoms with Crippen molar-refractivity contribution >= 4 is 21.0 Å². The van der Waals surface area contributed by atoms with E-state index in [4.69, 9.17) is 0 Å². The maximum absolute atomic E-state index is 12.2. The predicted molar refractivity (Wildman–Crippen MR) is 62.1 cm³/mol. The third-order valence-corrected chi connectivity index (χ3v) is 3.35. The van der Waals surface area contributed by atoms with E-state index in [1.54, 1.807) is 12.1 Å². The predicted octanol–water partition coefficient (Wildman–Crippen LogP) is 2.77. The molecule has 0 aliphatic heterocycles. The number of pyridine rings is 1. The van der Waals surface area contributed by atoms with Crippen LogP contribution in [0, 0.1) is 6.92 Å². The topological polar surface area (TPSA) is 56.3 Å². The van der Waals surface area contributed by atoms with Gasteiger partial charge in [-0.05, 0) is 30.7 Å². The molecule has 0 saturated heterocycles. The Hall–Kier alpha value is -1.83. The van der Waals surface area contributed by atoms with E-state index >= 15 is 0 Å². The van der Waals surface area contributed by atoms with E-state index in [1.165, 1.54) is 25.3 Å². The van der Waals surface area contributed by atoms with Gasteiger partial charge in [-0.25, -0.2) is 0 Å². The first kappa shape index (κ1) is 13.6. The second-order valence-electron chi connectivity index (χ2n) is 3.80. The Labute approximate surface area is 107 Å². The van der Waals surface area contributed by atoms with Gasteiger partial charge >= 0.3 is 15.6 Å². The van der Waals surface area contributed by atoms with Gasteiger partial charge in [0, 0.05) is 11.6 Å². The van der Waals surface area contributed by atoms with E-state index in [0.717, 1.165) is 0 Å². The molecule has 102 valence electrons. The summed E-state index contributed by atoms with van der Waals surface area (Å²) < 4.78 is 62.7. The lowest BCUT2D eigenvalue weighted by Crippen LogP contribution is -2.28. The van der Waals surface area contributed by atoms with Crippen LogP contribution in [-0.4, -0.2) is 18.9 Å². The summed E-state index contributed by atoms with van der Waals surface area (Å²) in [5, 5.41) is 0.487. The van der Waals surface area contributed by atoms with Crippen molar-refractivity contribution in [1.29, 1.82) is 0 Å². The third kappa shape index (κ3) is 2.62. The number of fused-ring (bicyclic) bond motifs is 1. The number of nitrogens with zero attached hydrogens (tertiary/aromatic N) is 1. The van der Waals surface area contributed by atoms with Crippen LogP contribution in [0.2, 0.25) is 0 Å². The largest absolute Gasteiger partial charge is 0.534 e. The molecule has 1 aromatic heterocycles. The Balaban J connectivity index is 2.50. The molecular formula is C11H8F3NO3S. The van der Waals surface area contributed by atoms with Gasteiger partial charge in [-0.3, -0.25) is 4.98 Å². The summed E-state index contributed by atoms with van der Waals surface area (Å²) >= 11 is 0. The van der Waals surface area contributed by atoms with Crippen LogP contribution in [0.15, 0.2) is 30.5 Å². The molecule has 0 radical (unpaired) electrons. The van der Waals surface area contributed by atoms with E-state index in [-0.39, 0.29) is 11.3 Å². The minimum absolute atomic E-state index is 0.249. The number of aryl methyl sites for hydroxylation is 1. The number of halogens is 3. The standard InChI is InChI=1S/C11H8F3NO3S/c1-7-5-9-8(3-2-4-15-9)6-10(7)18-19(16,17)11(12,13)14/h2-6H,1H3. The number of aromatic nitrogens is 1. The van der Waals surface area contributed by atoms with Crippen LogP contribution in [-0.2, 0) is 10.1 Å². The molecule has 8 heteroatoms. The van der Waals surface area contributed by atoms with Crippen molar-refractivity contribution in [2.75, 3.05) is 0 Å². The second kappa shape index (κ2) is 4.37. The molecule has 1 aromatic carbocycles. The fraction of sp³-hybridized carbons (Fsp3) is 0.182. The van der Waals surface area contributed by atoms with Crippen molar-refractivity contribution in [3.63, 3.8) is 0 Å². The van der Waals surface area contributed by atoms with Crippen molar-refractivity contribution in [3.8, 4) is 5.75 Å². The fourth-order valence-corrected chi connectivity index (χ4v) is 1.97. The van der Waals surface area contributed by atoms with Crippen LogP contribution in [0.4, 0.5) is 13.2 Å². The monoisotopic (exact) mass is 291 g/mol. The lowest BCUT2D eigenvalue weighted by molar-refractivity contribution is -0.0500. The molecule has 0 amide bonds. The van der Waals surface area contributed by atoms with Gasteiger partial charge in [0.1, 0.15) is 5.75 Å². The summed E-state index contributed by atoms with van der Waals surface area (Å²) in [6.07, 6.45) is 1.52. The van der Waals surface area contributed by atoms with Gasteiger partial charge in [-0.2, -0.15) is 21.6 Å². The zero-order valence-corrected chi connectivity index (χ0v) is 10.4. The van der Waals surface area contributed by atoms with Gasteiger partial charge in [0.15, 0.2) is 0 Å². The highest BCUT2D eigenvalue weighted by Gasteiger charge is 2.48. The molecular weight excluding hydrogens is 283 g/mol. The summed E-state index contributed by atoms with van der Waals surface area (Å²) in [7, 11) is -5.66. The molecule has 4 nitrogen and oxygen atoms in total. The molecule has 0 N–H and O–H groups in total. The smallest absolute Gasteiger partial charge is 0.376 e. The molecule has 19 heavy (non-hydrogen) atoms. The van der Waals surface area contributed by atoms with Crippen molar-refractivity contribution in [3.05, 3.63) is 36.0 Å². The SMILES string of the molecule is Cc1cc2ncccc2cc1OS(=O)(=O)C(F)(F)F. The summed E-state index contributed by atoms with van der Waals surface area (Å²) in [5.74, 6) is -0.363. The lowest BCUT2D eigenvalue weighted by atomic mass is 10.1. The first-order chi connectivity index (χ1) is 8.71. The molecule has 0 saturated carbocycles. The van der Waals surface area contributed by atoms with E-state index in [1.807, 2.05) is 0 Å². The molecule has 2 rings (SSSR count). The number of rotatable bonds is 2. The molecule has 0 aliphatic carbocycles. The summed E-state index contributed by atoms with van der Waals surface area (Å²) in [6, 6.07) is 5.84. The molecule has 0 unspecified atom stereocenters. The maximum atomic E-state index is 12.2. The molecule has 0 spiro atoms. The second-order valence-corrected chi connectivity index (χ2v) is 5.33. The van der Waals surface area contributed by atoms with Gasteiger partial charge in [0.25, 0.3) is 0 Å². The Bertz CT molecular complexity index is 726. The van der Waals surface area contributed by atoms with Crippen LogP contribution in [0.1, 0.15) is 5.56 Å². The highest BCUT2D eigenvalue weighted by Crippen LogP contribution is 2.30. The molecule has 0 atom stereocenters. The van der Waals surface area contributed by atoms with E-state index < -0.39 is 15.6 Å². The van der Waals surface area contributed by atoms with Crippen LogP contribution in [0.3, 0.4) is 0 Å². The molecule has 0 aliphatic rings. The Morgan fingerprint density at radius 3 is 2.58 bits per heavy atom. The van der Waals surface area contributed by atoms with Gasteiger partial charge in [0.2, 0.25) is 0 Å². The zero-order chi connectivity index (χ0) is 14.3. The van der Waals surface area contributed by atoms with Crippen LogP contribution >= 0.6 is 0 Å². The minimum Gasteiger partial charge on any atom is -0.376 e. The highest BCUT2D eigenvalue weighted by atomic mass is 32.2. The minimum atomic E-state index is -5.66. The summed E-state index contributed by atoms with van der Waals surface area (Å²) in [5.41, 5.74) is -4.67. The Morgan fingerprint density at radius 2 is 1.95 bits per heavy atom. The van der Waals surface area contributed by atoms with Crippen molar-refractivity contribution in [2.24, 2.45) is 0 Å². The van der Waals surface area contributed by atoms with Crippen molar-refractivity contribution < 1.29 is 25.8 Å². The van der Waals surface area contributed by atoms with Crippen LogP contribution in [0.25, 0.3) is 10.9 Å². The highest BCUT2D eigenvalue weighted by molar-refractivity contribution is 7.88. The number of alkyl halides is 3. The summed E-state index contributed by atoms with van der Waals surface area (Å²) in [6.45, 7) is 1.44. The number of benzene rings is 1. The Morgan fingerprint density at radius 1 is 1.26 bits per heavy atom. The lowest BCUT2D eigenvalue weighted by Gasteiger charge is -2.11. The van der Waals surface area contributed by atoms with E-state index in [0.29, 0.717) is 10.9 Å². The summed E-state index contributed by atoms with van der Waals surface area (Å²) in [4.78, 5) is 4.00. The maximum Gasteiger partial charge on any atom is 0.534 e. The Kier molecular flexibility index (Phi) is 3.13. The average Bonchev–Trinajstić information content (AvgIpc) is 2.28. The van der Waals surface area contributed by atoms with E-state index in [9.17, 15) is 21.6 Å². The normalized spacial score (nSPS) is 12.6.